The number of rotatable bonds is 6. The van der Waals surface area contributed by atoms with Gasteiger partial charge in [0.1, 0.15) is 0 Å². The van der Waals surface area contributed by atoms with Crippen LogP contribution < -0.4 is 0 Å². The summed E-state index contributed by atoms with van der Waals surface area (Å²) in [4.78, 5) is 13.9. The number of carbonyl (C=O) groups is 1. The zero-order valence-corrected chi connectivity index (χ0v) is 19.5. The van der Waals surface area contributed by atoms with Gasteiger partial charge in [0.25, 0.3) is 0 Å². The van der Waals surface area contributed by atoms with Crippen LogP contribution in [0.15, 0.2) is 0 Å². The second-order valence-corrected chi connectivity index (χ2v) is 4.85. The van der Waals surface area contributed by atoms with E-state index in [0.29, 0.717) is 6.04 Å². The third-order valence-electron chi connectivity index (χ3n) is 2.42. The molecule has 19 heavy (non-hydrogen) atoms. The molecule has 0 aromatic rings. The second kappa shape index (κ2) is 17.8. The molecule has 0 amide bonds. The molecule has 0 N–H and O–H groups in total. The van der Waals surface area contributed by atoms with E-state index in [1.807, 2.05) is 41.2 Å². The van der Waals surface area contributed by atoms with Crippen LogP contribution in [0.4, 0.5) is 0 Å². The van der Waals surface area contributed by atoms with Crippen molar-refractivity contribution in [2.75, 3.05) is 7.05 Å². The van der Waals surface area contributed by atoms with Gasteiger partial charge in [0.15, 0.2) is 0 Å². The smallest absolute Gasteiger partial charge is 0.432 e. The minimum Gasteiger partial charge on any atom is -0.432 e. The van der Waals surface area contributed by atoms with E-state index in [4.69, 9.17) is 0 Å². The van der Waals surface area contributed by atoms with E-state index in [1.165, 1.54) is 0 Å². The van der Waals surface area contributed by atoms with Crippen molar-refractivity contribution in [2.45, 2.75) is 60.4 Å². The van der Waals surface area contributed by atoms with E-state index in [2.05, 4.69) is 25.7 Å². The molecule has 0 aromatic carbocycles. The van der Waals surface area contributed by atoms with Crippen molar-refractivity contribution in [3.8, 4) is 0 Å². The molecular weight excluding hydrogens is 388 g/mol. The molecule has 0 saturated heterocycles. The van der Waals surface area contributed by atoms with Crippen LogP contribution >= 0.6 is 0 Å². The minimum absolute atomic E-state index is 0. The summed E-state index contributed by atoms with van der Waals surface area (Å²) in [5.41, 5.74) is 0. The Morgan fingerprint density at radius 2 is 1.63 bits per heavy atom. The SMILES string of the molecule is C[CH-]C.[CH2-]CC[C-](C(=O)C(C)C)N(C)C(C)C.[Y+3].[Y]. The molecule has 0 unspecified atom stereocenters. The summed E-state index contributed by atoms with van der Waals surface area (Å²) in [6, 6.07) is 1.30. The van der Waals surface area contributed by atoms with Gasteiger partial charge in [-0.2, -0.15) is 20.3 Å². The van der Waals surface area contributed by atoms with E-state index < -0.39 is 0 Å². The number of carbonyl (C=O) groups excluding carboxylic acids is 1. The van der Waals surface area contributed by atoms with Crippen LogP contribution in [0.2, 0.25) is 0 Å². The molecule has 0 bridgehead atoms. The van der Waals surface area contributed by atoms with Crippen molar-refractivity contribution in [2.24, 2.45) is 5.92 Å². The van der Waals surface area contributed by atoms with Crippen LogP contribution in [-0.2, 0) is 70.2 Å². The van der Waals surface area contributed by atoms with Gasteiger partial charge in [0, 0.05) is 38.5 Å². The number of nitrogens with zero attached hydrogens (tertiary/aromatic N) is 1. The van der Waals surface area contributed by atoms with E-state index >= 15 is 0 Å². The Labute approximate surface area is 172 Å². The molecule has 0 saturated carbocycles. The molecule has 0 spiro atoms. The summed E-state index contributed by atoms with van der Waals surface area (Å²) >= 11 is 0. The molecule has 0 rings (SSSR count). The van der Waals surface area contributed by atoms with E-state index in [-0.39, 0.29) is 77.1 Å². The van der Waals surface area contributed by atoms with Gasteiger partial charge in [-0.3, -0.25) is 6.04 Å². The average Bonchev–Trinajstić information content (AvgIpc) is 2.24. The number of hydrogen-bond donors (Lipinski definition) is 0. The molecule has 1 radical (unpaired) electrons. The van der Waals surface area contributed by atoms with Crippen LogP contribution in [0, 0.1) is 25.3 Å². The standard InChI is InChI=1S/C12H23NO.C3H7.2Y/c1-7-8-11(12(14)9(2)3)13(6)10(4)5;1-3-2;;/h9-10H,1,7-8H2,2-6H3;3H,1-2H3;;/q-2;-1;;+3. The summed E-state index contributed by atoms with van der Waals surface area (Å²) in [5.74, 6) is 0.336. The molecule has 0 fully saturated rings. The topological polar surface area (TPSA) is 20.3 Å². The van der Waals surface area contributed by atoms with E-state index in [9.17, 15) is 4.79 Å². The van der Waals surface area contributed by atoms with Gasteiger partial charge in [-0.1, -0.05) is 27.7 Å². The fraction of sp³-hybridized carbons (Fsp3) is 0.733. The minimum atomic E-state index is 0. The van der Waals surface area contributed by atoms with Crippen molar-refractivity contribution >= 4 is 5.78 Å². The Bertz CT molecular complexity index is 197. The largest absolute Gasteiger partial charge is 3.00 e. The molecule has 0 atom stereocenters. The Hall–Kier alpha value is 1.71. The van der Waals surface area contributed by atoms with Crippen LogP contribution in [0.5, 0.6) is 0 Å². The Kier molecular flexibility index (Phi) is 26.9. The van der Waals surface area contributed by atoms with Gasteiger partial charge in [-0.05, 0) is 19.0 Å². The number of Topliss-reactive ketones (excluding diaryl/α,β-unsaturated/α-hetero) is 1. The van der Waals surface area contributed by atoms with Crippen molar-refractivity contribution in [3.63, 3.8) is 0 Å². The molecule has 0 aromatic heterocycles. The monoisotopic (exact) mass is 418 g/mol. The zero-order valence-electron chi connectivity index (χ0n) is 13.9. The maximum absolute atomic E-state index is 11.9. The molecule has 2 nitrogen and oxygen atoms in total. The predicted octanol–water partition coefficient (Wildman–Crippen LogP) is 3.92. The third-order valence-corrected chi connectivity index (χ3v) is 2.42. The van der Waals surface area contributed by atoms with Crippen LogP contribution in [0.3, 0.4) is 0 Å². The second-order valence-electron chi connectivity index (χ2n) is 4.85. The Morgan fingerprint density at radius 3 is 1.84 bits per heavy atom. The van der Waals surface area contributed by atoms with Crippen molar-refractivity contribution in [3.05, 3.63) is 19.4 Å². The summed E-state index contributed by atoms with van der Waals surface area (Å²) in [6.07, 6.45) is 3.57. The summed E-state index contributed by atoms with van der Waals surface area (Å²) < 4.78 is 0. The predicted molar refractivity (Wildman–Crippen MR) is 76.2 cm³/mol. The summed E-state index contributed by atoms with van der Waals surface area (Å²) in [6.45, 7) is 15.9. The van der Waals surface area contributed by atoms with Gasteiger partial charge in [-0.15, -0.1) is 0 Å². The van der Waals surface area contributed by atoms with E-state index in [1.54, 1.807) is 0 Å². The first-order chi connectivity index (χ1) is 7.83. The number of likely N-dealkylation sites (N-methyl/N-ethyl adjacent to an activating group) is 1. The quantitative estimate of drug-likeness (QED) is 0.610. The Morgan fingerprint density at radius 1 is 1.26 bits per heavy atom. The van der Waals surface area contributed by atoms with E-state index in [0.717, 1.165) is 18.9 Å². The summed E-state index contributed by atoms with van der Waals surface area (Å²) in [7, 11) is 1.98. The normalized spacial score (nSPS) is 9.42. The number of hydrogen-bond acceptors (Lipinski definition) is 2. The van der Waals surface area contributed by atoms with Gasteiger partial charge in [0.2, 0.25) is 0 Å². The molecule has 107 valence electrons. The summed E-state index contributed by atoms with van der Waals surface area (Å²) in [5, 5.41) is 0. The van der Waals surface area contributed by atoms with Crippen molar-refractivity contribution in [1.29, 1.82) is 0 Å². The average molecular weight is 418 g/mol. The first-order valence-corrected chi connectivity index (χ1v) is 6.49. The van der Waals surface area contributed by atoms with Gasteiger partial charge >= 0.3 is 32.7 Å². The molecule has 0 aliphatic carbocycles. The maximum Gasteiger partial charge on any atom is 3.00 e. The molecule has 0 aliphatic heterocycles. The third kappa shape index (κ3) is 14.4. The van der Waals surface area contributed by atoms with Crippen LogP contribution in [0.1, 0.15) is 54.4 Å². The van der Waals surface area contributed by atoms with Crippen LogP contribution in [-0.4, -0.2) is 23.8 Å². The van der Waals surface area contributed by atoms with Gasteiger partial charge in [-0.25, -0.2) is 6.42 Å². The number of ketones is 1. The fourth-order valence-electron chi connectivity index (χ4n) is 1.29. The fourth-order valence-corrected chi connectivity index (χ4v) is 1.29. The van der Waals surface area contributed by atoms with Crippen molar-refractivity contribution < 1.29 is 70.2 Å². The molecular formula is C15H30NOY2. The zero-order chi connectivity index (χ0) is 14.0. The van der Waals surface area contributed by atoms with Gasteiger partial charge in [0.05, 0.1) is 0 Å². The Balaban J connectivity index is -0.000000204. The van der Waals surface area contributed by atoms with Gasteiger partial charge < -0.3 is 23.0 Å². The first kappa shape index (κ1) is 28.8. The molecule has 0 heterocycles. The molecule has 0 aliphatic rings. The first-order valence-electron chi connectivity index (χ1n) is 6.49. The van der Waals surface area contributed by atoms with Crippen molar-refractivity contribution in [1.82, 2.24) is 4.90 Å². The molecule has 4 heteroatoms. The maximum atomic E-state index is 11.9. The van der Waals surface area contributed by atoms with Crippen LogP contribution in [0.25, 0.3) is 0 Å².